The molecule has 1 aliphatic carbocycles. The smallest absolute Gasteiger partial charge is 0.251 e. The highest BCUT2D eigenvalue weighted by Crippen LogP contribution is 2.38. The third-order valence-corrected chi connectivity index (χ3v) is 4.01. The van der Waals surface area contributed by atoms with Gasteiger partial charge in [-0.1, -0.05) is 26.0 Å². The quantitative estimate of drug-likeness (QED) is 0.911. The third-order valence-electron chi connectivity index (χ3n) is 4.01. The van der Waals surface area contributed by atoms with Gasteiger partial charge in [0.1, 0.15) is 5.82 Å². The van der Waals surface area contributed by atoms with E-state index in [-0.39, 0.29) is 17.4 Å². The van der Waals surface area contributed by atoms with Crippen LogP contribution in [0.5, 0.6) is 0 Å². The van der Waals surface area contributed by atoms with Crippen molar-refractivity contribution >= 4 is 11.6 Å². The molecule has 0 spiro atoms. The number of carbonyl (C=O) groups is 1. The molecule has 1 aromatic carbocycles. The van der Waals surface area contributed by atoms with Gasteiger partial charge in [0.05, 0.1) is 0 Å². The van der Waals surface area contributed by atoms with Crippen molar-refractivity contribution in [2.24, 2.45) is 11.8 Å². The number of carbonyl (C=O) groups excluding carboxylic acids is 1. The summed E-state index contributed by atoms with van der Waals surface area (Å²) in [5.41, 5.74) is 2.10. The summed E-state index contributed by atoms with van der Waals surface area (Å²) >= 11 is 0. The summed E-state index contributed by atoms with van der Waals surface area (Å²) in [5.74, 6) is 1.20. The SMILES string of the molecule is CCc1cc(=O)[nH]c(-c2cccc(NC(=O)[C@H]3C[C@H]3C)c2)n1. The Labute approximate surface area is 128 Å². The van der Waals surface area contributed by atoms with E-state index in [1.54, 1.807) is 0 Å². The van der Waals surface area contributed by atoms with Gasteiger partial charge in [0.15, 0.2) is 0 Å². The number of aromatic nitrogens is 2. The Morgan fingerprint density at radius 3 is 2.86 bits per heavy atom. The fraction of sp³-hybridized carbons (Fsp3) is 0.353. The maximum Gasteiger partial charge on any atom is 0.251 e. The molecule has 1 aromatic heterocycles. The molecule has 3 rings (SSSR count). The van der Waals surface area contributed by atoms with Crippen molar-refractivity contribution in [1.29, 1.82) is 0 Å². The maximum atomic E-state index is 12.0. The molecular weight excluding hydrogens is 278 g/mol. The molecule has 0 radical (unpaired) electrons. The number of nitrogens with zero attached hydrogens (tertiary/aromatic N) is 1. The van der Waals surface area contributed by atoms with E-state index in [1.807, 2.05) is 31.2 Å². The zero-order valence-electron chi connectivity index (χ0n) is 12.7. The fourth-order valence-electron chi connectivity index (χ4n) is 2.49. The average Bonchev–Trinajstić information content (AvgIpc) is 3.24. The van der Waals surface area contributed by atoms with Gasteiger partial charge >= 0.3 is 0 Å². The summed E-state index contributed by atoms with van der Waals surface area (Å²) < 4.78 is 0. The summed E-state index contributed by atoms with van der Waals surface area (Å²) in [6.07, 6.45) is 1.66. The number of rotatable bonds is 4. The molecule has 0 saturated heterocycles. The van der Waals surface area contributed by atoms with Crippen molar-refractivity contribution in [2.75, 3.05) is 5.32 Å². The van der Waals surface area contributed by atoms with E-state index in [0.717, 1.165) is 23.4 Å². The number of H-pyrrole nitrogens is 1. The molecule has 1 aliphatic rings. The van der Waals surface area contributed by atoms with Gasteiger partial charge in [-0.3, -0.25) is 9.59 Å². The predicted molar refractivity (Wildman–Crippen MR) is 85.6 cm³/mol. The van der Waals surface area contributed by atoms with Gasteiger partial charge in [-0.15, -0.1) is 0 Å². The van der Waals surface area contributed by atoms with Gasteiger partial charge in [0.25, 0.3) is 5.56 Å². The Morgan fingerprint density at radius 2 is 2.18 bits per heavy atom. The van der Waals surface area contributed by atoms with Crippen LogP contribution in [0.15, 0.2) is 35.1 Å². The van der Waals surface area contributed by atoms with Crippen LogP contribution in [0.1, 0.15) is 26.0 Å². The first-order valence-electron chi connectivity index (χ1n) is 7.58. The molecule has 2 aromatic rings. The highest BCUT2D eigenvalue weighted by Gasteiger charge is 2.39. The van der Waals surface area contributed by atoms with Gasteiger partial charge in [0, 0.05) is 28.9 Å². The molecule has 0 unspecified atom stereocenters. The predicted octanol–water partition coefficient (Wildman–Crippen LogP) is 2.59. The van der Waals surface area contributed by atoms with Crippen LogP contribution in [0.2, 0.25) is 0 Å². The molecule has 0 aliphatic heterocycles. The minimum Gasteiger partial charge on any atom is -0.326 e. The summed E-state index contributed by atoms with van der Waals surface area (Å²) in [5, 5.41) is 2.93. The number of hydrogen-bond donors (Lipinski definition) is 2. The maximum absolute atomic E-state index is 12.0. The first kappa shape index (κ1) is 14.5. The number of anilines is 1. The number of aromatic amines is 1. The number of aryl methyl sites for hydroxylation is 1. The zero-order valence-corrected chi connectivity index (χ0v) is 12.7. The van der Waals surface area contributed by atoms with E-state index in [0.29, 0.717) is 18.2 Å². The molecule has 5 heteroatoms. The number of hydrogen-bond acceptors (Lipinski definition) is 3. The minimum atomic E-state index is -0.164. The minimum absolute atomic E-state index is 0.0633. The normalized spacial score (nSPS) is 19.7. The second-order valence-electron chi connectivity index (χ2n) is 5.83. The molecule has 5 nitrogen and oxygen atoms in total. The van der Waals surface area contributed by atoms with E-state index in [4.69, 9.17) is 0 Å². The summed E-state index contributed by atoms with van der Waals surface area (Å²) in [7, 11) is 0. The Balaban J connectivity index is 1.86. The first-order valence-corrected chi connectivity index (χ1v) is 7.58. The second-order valence-corrected chi connectivity index (χ2v) is 5.83. The van der Waals surface area contributed by atoms with Gasteiger partial charge in [0.2, 0.25) is 5.91 Å². The monoisotopic (exact) mass is 297 g/mol. The molecule has 1 fully saturated rings. The van der Waals surface area contributed by atoms with Crippen LogP contribution in [0.25, 0.3) is 11.4 Å². The van der Waals surface area contributed by atoms with Gasteiger partial charge in [-0.25, -0.2) is 4.98 Å². The van der Waals surface area contributed by atoms with Gasteiger partial charge in [-0.2, -0.15) is 0 Å². The summed E-state index contributed by atoms with van der Waals surface area (Å²) in [4.78, 5) is 30.9. The number of nitrogens with one attached hydrogen (secondary N) is 2. The van der Waals surface area contributed by atoms with E-state index >= 15 is 0 Å². The Bertz CT molecular complexity index is 766. The van der Waals surface area contributed by atoms with Gasteiger partial charge in [-0.05, 0) is 30.9 Å². The van der Waals surface area contributed by atoms with Crippen LogP contribution in [0.3, 0.4) is 0 Å². The number of benzene rings is 1. The lowest BCUT2D eigenvalue weighted by atomic mass is 10.1. The number of amides is 1. The summed E-state index contributed by atoms with van der Waals surface area (Å²) in [6, 6.07) is 8.90. The van der Waals surface area contributed by atoms with E-state index in [2.05, 4.69) is 22.2 Å². The molecular formula is C17H19N3O2. The summed E-state index contributed by atoms with van der Waals surface area (Å²) in [6.45, 7) is 4.03. The van der Waals surface area contributed by atoms with Crippen molar-refractivity contribution in [2.45, 2.75) is 26.7 Å². The molecule has 22 heavy (non-hydrogen) atoms. The molecule has 0 bridgehead atoms. The topological polar surface area (TPSA) is 74.8 Å². The average molecular weight is 297 g/mol. The van der Waals surface area contributed by atoms with Crippen LogP contribution in [0, 0.1) is 11.8 Å². The molecule has 1 amide bonds. The lowest BCUT2D eigenvalue weighted by Crippen LogP contribution is -2.14. The van der Waals surface area contributed by atoms with Crippen molar-refractivity contribution in [3.05, 3.63) is 46.4 Å². The standard InChI is InChI=1S/C17H19N3O2/c1-3-12-9-15(21)20-16(18-12)11-5-4-6-13(8-11)19-17(22)14-7-10(14)2/h4-6,8-10,14H,3,7H2,1-2H3,(H,19,22)(H,18,20,21)/t10-,14+/m1/s1. The molecule has 1 saturated carbocycles. The van der Waals surface area contributed by atoms with Crippen LogP contribution < -0.4 is 10.9 Å². The highest BCUT2D eigenvalue weighted by molar-refractivity contribution is 5.94. The Hall–Kier alpha value is -2.43. The molecule has 2 N–H and O–H groups in total. The van der Waals surface area contributed by atoms with Crippen molar-refractivity contribution in [3.8, 4) is 11.4 Å². The largest absolute Gasteiger partial charge is 0.326 e. The first-order chi connectivity index (χ1) is 10.6. The second kappa shape index (κ2) is 5.75. The third kappa shape index (κ3) is 3.08. The van der Waals surface area contributed by atoms with Crippen molar-refractivity contribution in [3.63, 3.8) is 0 Å². The van der Waals surface area contributed by atoms with Crippen LogP contribution in [0.4, 0.5) is 5.69 Å². The fourth-order valence-corrected chi connectivity index (χ4v) is 2.49. The van der Waals surface area contributed by atoms with E-state index in [1.165, 1.54) is 6.07 Å². The zero-order chi connectivity index (χ0) is 15.7. The van der Waals surface area contributed by atoms with E-state index < -0.39 is 0 Å². The Kier molecular flexibility index (Phi) is 3.79. The van der Waals surface area contributed by atoms with Crippen LogP contribution in [-0.4, -0.2) is 15.9 Å². The van der Waals surface area contributed by atoms with Gasteiger partial charge < -0.3 is 10.3 Å². The molecule has 1 heterocycles. The Morgan fingerprint density at radius 1 is 1.41 bits per heavy atom. The van der Waals surface area contributed by atoms with Crippen LogP contribution in [-0.2, 0) is 11.2 Å². The molecule has 114 valence electrons. The lowest BCUT2D eigenvalue weighted by Gasteiger charge is -2.07. The van der Waals surface area contributed by atoms with Crippen molar-refractivity contribution < 1.29 is 4.79 Å². The lowest BCUT2D eigenvalue weighted by molar-refractivity contribution is -0.117. The van der Waals surface area contributed by atoms with E-state index in [9.17, 15) is 9.59 Å². The van der Waals surface area contributed by atoms with Crippen LogP contribution >= 0.6 is 0 Å². The highest BCUT2D eigenvalue weighted by atomic mass is 16.2. The molecule has 2 atom stereocenters. The van der Waals surface area contributed by atoms with Crippen molar-refractivity contribution in [1.82, 2.24) is 9.97 Å².